The van der Waals surface area contributed by atoms with Crippen LogP contribution in [0.25, 0.3) is 0 Å². The van der Waals surface area contributed by atoms with Gasteiger partial charge in [0.15, 0.2) is 11.4 Å². The minimum atomic E-state index is 0.644. The summed E-state index contributed by atoms with van der Waals surface area (Å²) in [5.41, 5.74) is 4.75. The Labute approximate surface area is 113 Å². The lowest BCUT2D eigenvalue weighted by Crippen LogP contribution is -2.13. The van der Waals surface area contributed by atoms with Gasteiger partial charge in [-0.2, -0.15) is 5.26 Å². The Morgan fingerprint density at radius 3 is 2.28 bits per heavy atom. The molecule has 0 saturated heterocycles. The van der Waals surface area contributed by atoms with Crippen molar-refractivity contribution in [2.45, 2.75) is 33.6 Å². The molecule has 0 spiro atoms. The quantitative estimate of drug-likeness (QED) is 0.392. The Morgan fingerprint density at radius 1 is 1.33 bits per heavy atom. The molecule has 1 aromatic carbocycles. The zero-order valence-electron chi connectivity index (χ0n) is 11.4. The zero-order valence-corrected chi connectivity index (χ0v) is 12.2. The molecular weight excluding hydrogens is 242 g/mol. The van der Waals surface area contributed by atoms with E-state index < -0.39 is 0 Å². The molecule has 0 heterocycles. The molecule has 4 heteroatoms. The summed E-state index contributed by atoms with van der Waals surface area (Å²) in [5.74, 6) is 0. The van der Waals surface area contributed by atoms with Crippen LogP contribution in [0, 0.1) is 18.4 Å². The summed E-state index contributed by atoms with van der Waals surface area (Å²) < 4.78 is 0. The Balaban J connectivity index is 3.33. The van der Waals surface area contributed by atoms with Gasteiger partial charge in [0, 0.05) is 0 Å². The normalized spacial score (nSPS) is 11.2. The van der Waals surface area contributed by atoms with E-state index in [2.05, 4.69) is 43.2 Å². The van der Waals surface area contributed by atoms with E-state index in [4.69, 9.17) is 5.26 Å². The van der Waals surface area contributed by atoms with Crippen LogP contribution in [0.5, 0.6) is 0 Å². The van der Waals surface area contributed by atoms with Crippen LogP contribution in [0.2, 0.25) is 0 Å². The number of benzene rings is 1. The topological polar surface area (TPSA) is 48.2 Å². The number of aliphatic imine (C=N–C) groups is 1. The summed E-state index contributed by atoms with van der Waals surface area (Å²) >= 11 is 1.45. The van der Waals surface area contributed by atoms with Crippen molar-refractivity contribution in [1.29, 1.82) is 5.26 Å². The molecule has 0 fully saturated rings. The van der Waals surface area contributed by atoms with Crippen LogP contribution in [-0.2, 0) is 12.8 Å². The molecule has 96 valence electrons. The summed E-state index contributed by atoms with van der Waals surface area (Å²) in [4.78, 5) is 4.60. The Morgan fingerprint density at radius 2 is 1.89 bits per heavy atom. The molecule has 0 amide bonds. The third-order valence-corrected chi connectivity index (χ3v) is 3.32. The van der Waals surface area contributed by atoms with E-state index in [0.29, 0.717) is 5.17 Å². The highest BCUT2D eigenvalue weighted by Gasteiger charge is 2.08. The number of nitrogens with one attached hydrogen (secondary N) is 1. The molecule has 0 aliphatic heterocycles. The standard InChI is InChI=1S/C14H19N3S/c1-5-11-7-10(3)8-12(6-2)13(11)17-14(18-4)16-9-15/h7-8H,5-6H2,1-4H3,(H,16,17). The van der Waals surface area contributed by atoms with Gasteiger partial charge in [0.2, 0.25) is 0 Å². The summed E-state index contributed by atoms with van der Waals surface area (Å²) in [6.07, 6.45) is 5.73. The smallest absolute Gasteiger partial charge is 0.183 e. The predicted molar refractivity (Wildman–Crippen MR) is 79.3 cm³/mol. The molecule has 0 saturated carbocycles. The van der Waals surface area contributed by atoms with Crippen LogP contribution in [0.3, 0.4) is 0 Å². The highest BCUT2D eigenvalue weighted by Crippen LogP contribution is 2.28. The largest absolute Gasteiger partial charge is 0.271 e. The van der Waals surface area contributed by atoms with Gasteiger partial charge in [-0.05, 0) is 37.1 Å². The van der Waals surface area contributed by atoms with Gasteiger partial charge in [-0.15, -0.1) is 0 Å². The van der Waals surface area contributed by atoms with Gasteiger partial charge in [-0.1, -0.05) is 43.3 Å². The van der Waals surface area contributed by atoms with Crippen LogP contribution in [0.1, 0.15) is 30.5 Å². The van der Waals surface area contributed by atoms with Gasteiger partial charge in [0.1, 0.15) is 0 Å². The average Bonchev–Trinajstić information content (AvgIpc) is 2.38. The van der Waals surface area contributed by atoms with Crippen LogP contribution in [0.4, 0.5) is 5.69 Å². The first-order valence-corrected chi connectivity index (χ1v) is 7.28. The van der Waals surface area contributed by atoms with Gasteiger partial charge in [-0.3, -0.25) is 5.32 Å². The number of nitrogens with zero attached hydrogens (tertiary/aromatic N) is 2. The molecule has 0 radical (unpaired) electrons. The van der Waals surface area contributed by atoms with Crippen molar-refractivity contribution < 1.29 is 0 Å². The molecule has 0 aliphatic carbocycles. The molecule has 0 atom stereocenters. The van der Waals surface area contributed by atoms with Crippen molar-refractivity contribution in [1.82, 2.24) is 5.32 Å². The molecule has 0 unspecified atom stereocenters. The molecule has 1 N–H and O–H groups in total. The number of hydrogen-bond donors (Lipinski definition) is 1. The van der Waals surface area contributed by atoms with Crippen molar-refractivity contribution >= 4 is 22.6 Å². The first-order chi connectivity index (χ1) is 8.65. The van der Waals surface area contributed by atoms with E-state index in [9.17, 15) is 0 Å². The number of hydrogen-bond acceptors (Lipinski definition) is 3. The average molecular weight is 261 g/mol. The van der Waals surface area contributed by atoms with Crippen molar-refractivity contribution in [3.8, 4) is 6.19 Å². The molecule has 0 bridgehead atoms. The van der Waals surface area contributed by atoms with Crippen LogP contribution in [0.15, 0.2) is 17.1 Å². The first kappa shape index (κ1) is 14.6. The number of aryl methyl sites for hydroxylation is 3. The number of nitriles is 1. The minimum absolute atomic E-state index is 0.644. The summed E-state index contributed by atoms with van der Waals surface area (Å²) in [6, 6.07) is 4.34. The monoisotopic (exact) mass is 261 g/mol. The van der Waals surface area contributed by atoms with Gasteiger partial charge < -0.3 is 0 Å². The molecule has 0 aliphatic rings. The third kappa shape index (κ3) is 3.51. The second-order valence-corrected chi connectivity index (χ2v) is 4.79. The third-order valence-electron chi connectivity index (χ3n) is 2.74. The van der Waals surface area contributed by atoms with Gasteiger partial charge in [0.05, 0.1) is 5.69 Å². The maximum atomic E-state index is 8.69. The van der Waals surface area contributed by atoms with E-state index in [1.54, 1.807) is 0 Å². The van der Waals surface area contributed by atoms with E-state index in [1.165, 1.54) is 28.5 Å². The molecule has 1 aromatic rings. The maximum absolute atomic E-state index is 8.69. The number of thioether (sulfide) groups is 1. The second kappa shape index (κ2) is 7.07. The lowest BCUT2D eigenvalue weighted by Gasteiger charge is -2.11. The molecule has 3 nitrogen and oxygen atoms in total. The fourth-order valence-electron chi connectivity index (χ4n) is 1.89. The number of rotatable bonds is 3. The van der Waals surface area contributed by atoms with Crippen LogP contribution in [-0.4, -0.2) is 11.4 Å². The zero-order chi connectivity index (χ0) is 13.5. The number of amidine groups is 1. The lowest BCUT2D eigenvalue weighted by atomic mass is 10.00. The van der Waals surface area contributed by atoms with Gasteiger partial charge in [0.25, 0.3) is 0 Å². The van der Waals surface area contributed by atoms with Crippen molar-refractivity contribution in [3.63, 3.8) is 0 Å². The summed E-state index contributed by atoms with van der Waals surface area (Å²) in [6.45, 7) is 6.36. The van der Waals surface area contributed by atoms with Crippen LogP contribution >= 0.6 is 11.8 Å². The maximum Gasteiger partial charge on any atom is 0.183 e. The fraction of sp³-hybridized carbons (Fsp3) is 0.429. The first-order valence-electron chi connectivity index (χ1n) is 6.06. The summed E-state index contributed by atoms with van der Waals surface area (Å²) in [5, 5.41) is 11.9. The predicted octanol–water partition coefficient (Wildman–Crippen LogP) is 3.54. The van der Waals surface area contributed by atoms with Gasteiger partial charge >= 0.3 is 0 Å². The van der Waals surface area contributed by atoms with Crippen molar-refractivity contribution in [3.05, 3.63) is 28.8 Å². The lowest BCUT2D eigenvalue weighted by molar-refractivity contribution is 1.07. The molecular formula is C14H19N3S. The second-order valence-electron chi connectivity index (χ2n) is 4.00. The Bertz CT molecular complexity index is 461. The molecule has 18 heavy (non-hydrogen) atoms. The van der Waals surface area contributed by atoms with Crippen LogP contribution < -0.4 is 5.32 Å². The Kier molecular flexibility index (Phi) is 5.73. The Hall–Kier alpha value is -1.47. The van der Waals surface area contributed by atoms with Crippen molar-refractivity contribution in [2.24, 2.45) is 4.99 Å². The van der Waals surface area contributed by atoms with E-state index >= 15 is 0 Å². The molecule has 1 rings (SSSR count). The van der Waals surface area contributed by atoms with E-state index in [0.717, 1.165) is 18.5 Å². The highest BCUT2D eigenvalue weighted by molar-refractivity contribution is 8.13. The molecule has 0 aromatic heterocycles. The minimum Gasteiger partial charge on any atom is -0.271 e. The fourth-order valence-corrected chi connectivity index (χ4v) is 2.22. The summed E-state index contributed by atoms with van der Waals surface area (Å²) in [7, 11) is 0. The highest BCUT2D eigenvalue weighted by atomic mass is 32.2. The SMILES string of the molecule is CCc1cc(C)cc(CC)c1N=C(NC#N)SC. The van der Waals surface area contributed by atoms with E-state index in [1.807, 2.05) is 12.4 Å². The van der Waals surface area contributed by atoms with E-state index in [-0.39, 0.29) is 0 Å². The van der Waals surface area contributed by atoms with Gasteiger partial charge in [-0.25, -0.2) is 4.99 Å². The van der Waals surface area contributed by atoms with Crippen molar-refractivity contribution in [2.75, 3.05) is 6.26 Å².